The maximum absolute atomic E-state index is 13.6. The lowest BCUT2D eigenvalue weighted by atomic mass is 9.94. The second-order valence-corrected chi connectivity index (χ2v) is 9.40. The van der Waals surface area contributed by atoms with Gasteiger partial charge in [-0.25, -0.2) is 0 Å². The number of Topliss-reactive ketones (excluding diaryl/α,β-unsaturated/α-hetero) is 1. The van der Waals surface area contributed by atoms with Crippen molar-refractivity contribution in [2.75, 3.05) is 4.90 Å². The predicted octanol–water partition coefficient (Wildman–Crippen LogP) is 5.90. The van der Waals surface area contributed by atoms with Crippen molar-refractivity contribution in [3.63, 3.8) is 0 Å². The van der Waals surface area contributed by atoms with Crippen LogP contribution >= 0.6 is 0 Å². The van der Waals surface area contributed by atoms with Gasteiger partial charge >= 0.3 is 0 Å². The molecule has 1 atom stereocenters. The summed E-state index contributed by atoms with van der Waals surface area (Å²) in [5, 5.41) is 13.3. The van der Waals surface area contributed by atoms with Crippen molar-refractivity contribution >= 4 is 44.9 Å². The minimum absolute atomic E-state index is 0.0827. The summed E-state index contributed by atoms with van der Waals surface area (Å²) in [4.78, 5) is 31.9. The maximum atomic E-state index is 13.6. The molecule has 2 aromatic heterocycles. The molecule has 36 heavy (non-hydrogen) atoms. The number of benzene rings is 3. The van der Waals surface area contributed by atoms with Gasteiger partial charge in [0.05, 0.1) is 11.6 Å². The van der Waals surface area contributed by atoms with Crippen molar-refractivity contribution in [1.82, 2.24) is 9.55 Å². The van der Waals surface area contributed by atoms with Crippen LogP contribution < -0.4 is 4.90 Å². The monoisotopic (exact) mass is 475 g/mol. The van der Waals surface area contributed by atoms with Crippen molar-refractivity contribution in [2.24, 2.45) is 7.05 Å². The maximum Gasteiger partial charge on any atom is 0.300 e. The van der Waals surface area contributed by atoms with Crippen LogP contribution in [0.15, 0.2) is 84.7 Å². The fourth-order valence-electron chi connectivity index (χ4n) is 5.27. The Labute approximate surface area is 208 Å². The number of aliphatic hydroxyl groups is 1. The first-order valence-electron chi connectivity index (χ1n) is 11.9. The third-order valence-electron chi connectivity index (χ3n) is 7.28. The number of anilines is 1. The molecule has 0 bridgehead atoms. The Balaban J connectivity index is 1.66. The van der Waals surface area contributed by atoms with E-state index in [0.717, 1.165) is 38.5 Å². The second kappa shape index (κ2) is 7.99. The molecule has 6 rings (SSSR count). The number of fused-ring (bicyclic) bond motifs is 2. The average Bonchev–Trinajstić information content (AvgIpc) is 3.53. The first-order chi connectivity index (χ1) is 17.4. The molecule has 178 valence electrons. The van der Waals surface area contributed by atoms with Crippen molar-refractivity contribution in [3.8, 4) is 0 Å². The van der Waals surface area contributed by atoms with E-state index in [0.29, 0.717) is 11.3 Å². The van der Waals surface area contributed by atoms with Crippen LogP contribution in [0.1, 0.15) is 28.3 Å². The minimum atomic E-state index is -0.785. The summed E-state index contributed by atoms with van der Waals surface area (Å²) in [6.07, 6.45) is 3.63. The molecule has 0 spiro atoms. The minimum Gasteiger partial charge on any atom is -0.507 e. The second-order valence-electron chi connectivity index (χ2n) is 9.40. The van der Waals surface area contributed by atoms with Gasteiger partial charge in [-0.1, -0.05) is 42.5 Å². The van der Waals surface area contributed by atoms with Gasteiger partial charge < -0.3 is 14.7 Å². The van der Waals surface area contributed by atoms with Gasteiger partial charge in [-0.15, -0.1) is 0 Å². The Hall–Kier alpha value is -4.58. The lowest BCUT2D eigenvalue weighted by molar-refractivity contribution is -0.132. The van der Waals surface area contributed by atoms with Crippen LogP contribution in [0.2, 0.25) is 0 Å². The van der Waals surface area contributed by atoms with Gasteiger partial charge in [-0.2, -0.15) is 0 Å². The highest BCUT2D eigenvalue weighted by atomic mass is 16.3. The number of nitrogens with zero attached hydrogens (tertiary/aromatic N) is 2. The van der Waals surface area contributed by atoms with Crippen LogP contribution in [0, 0.1) is 13.8 Å². The quantitative estimate of drug-likeness (QED) is 0.194. The molecule has 1 fully saturated rings. The van der Waals surface area contributed by atoms with E-state index in [1.165, 1.54) is 4.90 Å². The number of para-hydroxylation sites is 2. The molecule has 0 radical (unpaired) electrons. The Morgan fingerprint density at radius 2 is 1.64 bits per heavy atom. The molecular formula is C30H25N3O3. The Morgan fingerprint density at radius 3 is 2.42 bits per heavy atom. The van der Waals surface area contributed by atoms with Crippen LogP contribution in [0.5, 0.6) is 0 Å². The third kappa shape index (κ3) is 3.11. The Morgan fingerprint density at radius 1 is 0.917 bits per heavy atom. The highest BCUT2D eigenvalue weighted by molar-refractivity contribution is 6.52. The number of aliphatic hydroxyl groups excluding tert-OH is 1. The van der Waals surface area contributed by atoms with Crippen LogP contribution in [-0.2, 0) is 16.6 Å². The highest BCUT2D eigenvalue weighted by Crippen LogP contribution is 2.45. The lowest BCUT2D eigenvalue weighted by Crippen LogP contribution is -2.29. The van der Waals surface area contributed by atoms with E-state index >= 15 is 0 Å². The summed E-state index contributed by atoms with van der Waals surface area (Å²) in [6, 6.07) is 20.4. The molecular weight excluding hydrogens is 450 g/mol. The molecule has 1 saturated heterocycles. The van der Waals surface area contributed by atoms with Gasteiger partial charge in [0.2, 0.25) is 0 Å². The van der Waals surface area contributed by atoms with E-state index in [-0.39, 0.29) is 11.3 Å². The van der Waals surface area contributed by atoms with Crippen molar-refractivity contribution in [3.05, 3.63) is 107 Å². The van der Waals surface area contributed by atoms with Crippen molar-refractivity contribution < 1.29 is 14.7 Å². The zero-order chi connectivity index (χ0) is 25.1. The number of hydrogen-bond donors (Lipinski definition) is 2. The lowest BCUT2D eigenvalue weighted by Gasteiger charge is -2.25. The third-order valence-corrected chi connectivity index (χ3v) is 7.28. The summed E-state index contributed by atoms with van der Waals surface area (Å²) in [6.45, 7) is 3.99. The van der Waals surface area contributed by atoms with E-state index in [1.807, 2.05) is 98.4 Å². The number of amides is 1. The molecule has 6 nitrogen and oxygen atoms in total. The summed E-state index contributed by atoms with van der Waals surface area (Å²) < 4.78 is 1.98. The van der Waals surface area contributed by atoms with Crippen molar-refractivity contribution in [2.45, 2.75) is 19.9 Å². The number of aryl methyl sites for hydroxylation is 3. The normalized spacial score (nSPS) is 17.5. The molecule has 1 aliphatic heterocycles. The fraction of sp³-hybridized carbons (Fsp3) is 0.133. The number of aromatic amines is 1. The molecule has 1 amide bonds. The van der Waals surface area contributed by atoms with E-state index in [9.17, 15) is 14.7 Å². The van der Waals surface area contributed by atoms with E-state index in [4.69, 9.17) is 0 Å². The molecule has 3 heterocycles. The highest BCUT2D eigenvalue weighted by Gasteiger charge is 2.48. The van der Waals surface area contributed by atoms with Gasteiger partial charge in [0.1, 0.15) is 5.76 Å². The molecule has 6 heteroatoms. The van der Waals surface area contributed by atoms with Gasteiger partial charge in [0.25, 0.3) is 11.7 Å². The SMILES string of the molecule is Cc1ccc(N2C(=O)C(=O)/C(=C(/O)c3c[nH]c4ccccc34)C2c2cn(C)c3ccccc23)cc1C. The number of aromatic nitrogens is 2. The standard InChI is InChI=1S/C30H25N3O3/c1-17-12-13-19(14-18(17)2)33-27(23-16-32(3)25-11-7-5-9-21(23)25)26(29(35)30(33)36)28(34)22-15-31-24-10-6-4-8-20(22)24/h4-16,27,31,34H,1-3H3/b28-26+. The summed E-state index contributed by atoms with van der Waals surface area (Å²) in [5.41, 5.74) is 5.91. The van der Waals surface area contributed by atoms with Gasteiger partial charge in [0.15, 0.2) is 0 Å². The summed E-state index contributed by atoms with van der Waals surface area (Å²) in [5.74, 6) is -1.54. The predicted molar refractivity (Wildman–Crippen MR) is 142 cm³/mol. The molecule has 1 aliphatic rings. The van der Waals surface area contributed by atoms with Gasteiger partial charge in [-0.05, 0) is 49.2 Å². The van der Waals surface area contributed by atoms with E-state index < -0.39 is 17.7 Å². The molecule has 5 aromatic rings. The first kappa shape index (κ1) is 21.9. The number of carbonyl (C=O) groups is 2. The van der Waals surface area contributed by atoms with Crippen LogP contribution in [0.4, 0.5) is 5.69 Å². The number of ketones is 1. The average molecular weight is 476 g/mol. The Bertz CT molecular complexity index is 1740. The van der Waals surface area contributed by atoms with Gasteiger partial charge in [0, 0.05) is 58.1 Å². The zero-order valence-electron chi connectivity index (χ0n) is 20.2. The number of carbonyl (C=O) groups excluding carboxylic acids is 2. The van der Waals surface area contributed by atoms with Crippen LogP contribution in [0.3, 0.4) is 0 Å². The Kier molecular flexibility index (Phi) is 4.86. The van der Waals surface area contributed by atoms with Crippen LogP contribution in [-0.4, -0.2) is 26.3 Å². The number of H-pyrrole nitrogens is 1. The van der Waals surface area contributed by atoms with E-state index in [1.54, 1.807) is 6.20 Å². The van der Waals surface area contributed by atoms with Gasteiger partial charge in [-0.3, -0.25) is 14.5 Å². The largest absolute Gasteiger partial charge is 0.507 e. The number of hydrogen-bond acceptors (Lipinski definition) is 3. The zero-order valence-corrected chi connectivity index (χ0v) is 20.2. The molecule has 0 aliphatic carbocycles. The summed E-state index contributed by atoms with van der Waals surface area (Å²) in [7, 11) is 1.94. The van der Waals surface area contributed by atoms with Crippen LogP contribution in [0.25, 0.3) is 27.6 Å². The topological polar surface area (TPSA) is 78.3 Å². The van der Waals surface area contributed by atoms with Crippen molar-refractivity contribution in [1.29, 1.82) is 0 Å². The first-order valence-corrected chi connectivity index (χ1v) is 11.9. The molecule has 2 N–H and O–H groups in total. The fourth-order valence-corrected chi connectivity index (χ4v) is 5.27. The smallest absolute Gasteiger partial charge is 0.300 e. The number of rotatable bonds is 3. The molecule has 1 unspecified atom stereocenters. The molecule has 3 aromatic carbocycles. The summed E-state index contributed by atoms with van der Waals surface area (Å²) >= 11 is 0. The molecule has 0 saturated carbocycles. The van der Waals surface area contributed by atoms with E-state index in [2.05, 4.69) is 4.98 Å². The number of nitrogens with one attached hydrogen (secondary N) is 1.